The van der Waals surface area contributed by atoms with E-state index in [9.17, 15) is 0 Å². The Kier molecular flexibility index (Phi) is 3.79. The second-order valence-corrected chi connectivity index (χ2v) is 3.79. The molecule has 0 aliphatic rings. The summed E-state index contributed by atoms with van der Waals surface area (Å²) in [7, 11) is 0. The number of aromatic nitrogens is 1. The maximum absolute atomic E-state index is 5.88. The van der Waals surface area contributed by atoms with E-state index < -0.39 is 0 Å². The number of nitrogens with zero attached hydrogens (tertiary/aromatic N) is 1. The van der Waals surface area contributed by atoms with Crippen molar-refractivity contribution in [3.05, 3.63) is 40.0 Å². The molecule has 1 aromatic heterocycles. The molecule has 14 heavy (non-hydrogen) atoms. The molecule has 0 N–H and O–H groups in total. The molecule has 2 aromatic rings. The first-order valence-corrected chi connectivity index (χ1v) is 4.64. The molecular formula is C10H7Cl2CuN. The van der Waals surface area contributed by atoms with Gasteiger partial charge >= 0.3 is 0 Å². The van der Waals surface area contributed by atoms with Crippen LogP contribution in [0.4, 0.5) is 0 Å². The molecule has 1 heterocycles. The fourth-order valence-corrected chi connectivity index (χ4v) is 1.56. The summed E-state index contributed by atoms with van der Waals surface area (Å²) >= 11 is 11.7. The smallest absolute Gasteiger partial charge is 0.0718 e. The first-order chi connectivity index (χ1) is 6.16. The normalized spacial score (nSPS) is 9.93. The number of aryl methyl sites for hydroxylation is 1. The average molecular weight is 276 g/mol. The van der Waals surface area contributed by atoms with Gasteiger partial charge in [0.05, 0.1) is 15.6 Å². The average Bonchev–Trinajstić information content (AvgIpc) is 2.08. The minimum atomic E-state index is 0. The van der Waals surface area contributed by atoms with Crippen LogP contribution < -0.4 is 0 Å². The van der Waals surface area contributed by atoms with Crippen molar-refractivity contribution in [2.24, 2.45) is 0 Å². The molecule has 0 spiro atoms. The monoisotopic (exact) mass is 274 g/mol. The molecule has 1 radical (unpaired) electrons. The third-order valence-electron chi connectivity index (χ3n) is 1.86. The van der Waals surface area contributed by atoms with Crippen molar-refractivity contribution in [2.75, 3.05) is 0 Å². The number of hydrogen-bond acceptors (Lipinski definition) is 1. The van der Waals surface area contributed by atoms with Gasteiger partial charge in [0.2, 0.25) is 0 Å². The number of halogens is 2. The Hall–Kier alpha value is -0.271. The number of rotatable bonds is 0. The van der Waals surface area contributed by atoms with E-state index in [4.69, 9.17) is 23.2 Å². The maximum atomic E-state index is 5.88. The van der Waals surface area contributed by atoms with E-state index in [0.29, 0.717) is 10.0 Å². The van der Waals surface area contributed by atoms with Crippen LogP contribution in [0.25, 0.3) is 10.9 Å². The number of hydrogen-bond donors (Lipinski definition) is 0. The Bertz CT molecular complexity index is 471. The van der Waals surface area contributed by atoms with Crippen LogP contribution in [0.1, 0.15) is 5.56 Å². The van der Waals surface area contributed by atoms with Gasteiger partial charge in [-0.1, -0.05) is 23.2 Å². The minimum absolute atomic E-state index is 0. The molecule has 0 fully saturated rings. The third kappa shape index (κ3) is 2.21. The molecule has 0 amide bonds. The molecule has 0 atom stereocenters. The van der Waals surface area contributed by atoms with Crippen molar-refractivity contribution in [2.45, 2.75) is 6.92 Å². The molecule has 77 valence electrons. The standard InChI is InChI=1S/C10H7Cl2N.Cu/c1-6-2-7-3-8(11)9(12)4-10(7)13-5-6;/h2-5H,1H3;. The fraction of sp³-hybridized carbons (Fsp3) is 0.100. The Morgan fingerprint density at radius 2 is 1.71 bits per heavy atom. The van der Waals surface area contributed by atoms with E-state index in [-0.39, 0.29) is 17.1 Å². The molecular weight excluding hydrogens is 269 g/mol. The van der Waals surface area contributed by atoms with E-state index in [1.54, 1.807) is 6.07 Å². The van der Waals surface area contributed by atoms with Gasteiger partial charge in [-0.25, -0.2) is 0 Å². The van der Waals surface area contributed by atoms with E-state index in [0.717, 1.165) is 16.5 Å². The van der Waals surface area contributed by atoms with Crippen molar-refractivity contribution in [1.82, 2.24) is 4.98 Å². The van der Waals surface area contributed by atoms with Crippen LogP contribution in [0.5, 0.6) is 0 Å². The first-order valence-electron chi connectivity index (χ1n) is 3.88. The summed E-state index contributed by atoms with van der Waals surface area (Å²) in [4.78, 5) is 4.24. The van der Waals surface area contributed by atoms with Crippen molar-refractivity contribution in [3.63, 3.8) is 0 Å². The summed E-state index contributed by atoms with van der Waals surface area (Å²) in [5, 5.41) is 2.14. The second kappa shape index (κ2) is 4.50. The number of pyridine rings is 1. The van der Waals surface area contributed by atoms with Crippen LogP contribution in [0.15, 0.2) is 24.4 Å². The van der Waals surface area contributed by atoms with Crippen LogP contribution in [-0.4, -0.2) is 4.98 Å². The van der Waals surface area contributed by atoms with Gasteiger partial charge < -0.3 is 0 Å². The van der Waals surface area contributed by atoms with Gasteiger partial charge in [-0.05, 0) is 30.7 Å². The van der Waals surface area contributed by atoms with Crippen LogP contribution in [0, 0.1) is 6.92 Å². The summed E-state index contributed by atoms with van der Waals surface area (Å²) < 4.78 is 0. The molecule has 0 saturated heterocycles. The van der Waals surface area contributed by atoms with Crippen LogP contribution in [0.3, 0.4) is 0 Å². The van der Waals surface area contributed by atoms with Gasteiger partial charge in [0.15, 0.2) is 0 Å². The molecule has 0 bridgehead atoms. The zero-order valence-electron chi connectivity index (χ0n) is 7.31. The van der Waals surface area contributed by atoms with Gasteiger partial charge in [0.1, 0.15) is 0 Å². The van der Waals surface area contributed by atoms with Crippen LogP contribution >= 0.6 is 23.2 Å². The number of benzene rings is 1. The zero-order chi connectivity index (χ0) is 9.42. The predicted molar refractivity (Wildman–Crippen MR) is 56.5 cm³/mol. The van der Waals surface area contributed by atoms with Gasteiger partial charge in [0, 0.05) is 28.7 Å². The molecule has 0 aliphatic heterocycles. The van der Waals surface area contributed by atoms with E-state index in [1.165, 1.54) is 0 Å². The van der Waals surface area contributed by atoms with Gasteiger partial charge in [-0.15, -0.1) is 0 Å². The van der Waals surface area contributed by atoms with Crippen LogP contribution in [-0.2, 0) is 17.1 Å². The van der Waals surface area contributed by atoms with Crippen LogP contribution in [0.2, 0.25) is 10.0 Å². The summed E-state index contributed by atoms with van der Waals surface area (Å²) in [5.74, 6) is 0. The Morgan fingerprint density at radius 1 is 1.07 bits per heavy atom. The molecule has 0 aliphatic carbocycles. The van der Waals surface area contributed by atoms with E-state index in [2.05, 4.69) is 4.98 Å². The Balaban J connectivity index is 0.000000980. The summed E-state index contributed by atoms with van der Waals surface area (Å²) in [6.07, 6.45) is 1.81. The maximum Gasteiger partial charge on any atom is 0.0718 e. The van der Waals surface area contributed by atoms with E-state index in [1.807, 2.05) is 25.3 Å². The number of fused-ring (bicyclic) bond motifs is 1. The summed E-state index contributed by atoms with van der Waals surface area (Å²) in [5.41, 5.74) is 1.99. The molecule has 1 aromatic carbocycles. The summed E-state index contributed by atoms with van der Waals surface area (Å²) in [6, 6.07) is 5.64. The zero-order valence-corrected chi connectivity index (χ0v) is 9.77. The summed E-state index contributed by atoms with van der Waals surface area (Å²) in [6.45, 7) is 1.99. The molecule has 2 rings (SSSR count). The molecule has 0 saturated carbocycles. The largest absolute Gasteiger partial charge is 0.256 e. The Morgan fingerprint density at radius 3 is 2.43 bits per heavy atom. The van der Waals surface area contributed by atoms with E-state index >= 15 is 0 Å². The minimum Gasteiger partial charge on any atom is -0.256 e. The van der Waals surface area contributed by atoms with Gasteiger partial charge in [-0.2, -0.15) is 0 Å². The SMILES string of the molecule is Cc1cnc2cc(Cl)c(Cl)cc2c1.[Cu]. The van der Waals surface area contributed by atoms with Gasteiger partial charge in [-0.3, -0.25) is 4.98 Å². The first kappa shape index (κ1) is 11.8. The van der Waals surface area contributed by atoms with Crippen molar-refractivity contribution in [3.8, 4) is 0 Å². The third-order valence-corrected chi connectivity index (χ3v) is 2.58. The quantitative estimate of drug-likeness (QED) is 0.666. The van der Waals surface area contributed by atoms with Crippen molar-refractivity contribution >= 4 is 34.1 Å². The van der Waals surface area contributed by atoms with Crippen molar-refractivity contribution in [1.29, 1.82) is 0 Å². The molecule has 4 heteroatoms. The fourth-order valence-electron chi connectivity index (χ4n) is 1.23. The predicted octanol–water partition coefficient (Wildman–Crippen LogP) is 3.85. The Labute approximate surface area is 103 Å². The van der Waals surface area contributed by atoms with Crippen molar-refractivity contribution < 1.29 is 17.1 Å². The molecule has 0 unspecified atom stereocenters. The molecule has 1 nitrogen and oxygen atoms in total. The topological polar surface area (TPSA) is 12.9 Å². The second-order valence-electron chi connectivity index (χ2n) is 2.97. The van der Waals surface area contributed by atoms with Gasteiger partial charge in [0.25, 0.3) is 0 Å².